The van der Waals surface area contributed by atoms with Crippen LogP contribution in [-0.2, 0) is 13.5 Å². The van der Waals surface area contributed by atoms with Crippen LogP contribution in [0.25, 0.3) is 0 Å². The van der Waals surface area contributed by atoms with Crippen LogP contribution in [0.1, 0.15) is 19.0 Å². The van der Waals surface area contributed by atoms with Crippen LogP contribution < -0.4 is 28.5 Å². The number of aromatic nitrogens is 1. The molecular weight excluding hydrogens is 249 g/mol. The molecular formula is C9H14IN. The van der Waals surface area contributed by atoms with Crippen molar-refractivity contribution >= 4 is 0 Å². The Morgan fingerprint density at radius 2 is 2.09 bits per heavy atom. The van der Waals surface area contributed by atoms with Crippen LogP contribution >= 0.6 is 0 Å². The summed E-state index contributed by atoms with van der Waals surface area (Å²) in [7, 11) is 2.09. The van der Waals surface area contributed by atoms with Gasteiger partial charge in [0.15, 0.2) is 11.9 Å². The summed E-state index contributed by atoms with van der Waals surface area (Å²) >= 11 is 0. The van der Waals surface area contributed by atoms with Gasteiger partial charge in [0, 0.05) is 18.6 Å². The SMILES string of the molecule is CCCc1cccc[n+]1C.[I-]. The van der Waals surface area contributed by atoms with Gasteiger partial charge in [0.25, 0.3) is 0 Å². The van der Waals surface area contributed by atoms with Crippen molar-refractivity contribution in [1.82, 2.24) is 0 Å². The lowest BCUT2D eigenvalue weighted by atomic mass is 10.2. The molecule has 1 aromatic heterocycles. The van der Waals surface area contributed by atoms with E-state index in [2.05, 4.69) is 42.9 Å². The lowest BCUT2D eigenvalue weighted by molar-refractivity contribution is -0.679. The van der Waals surface area contributed by atoms with Crippen molar-refractivity contribution < 1.29 is 28.5 Å². The van der Waals surface area contributed by atoms with Crippen LogP contribution in [0.2, 0.25) is 0 Å². The molecule has 0 atom stereocenters. The highest BCUT2D eigenvalue weighted by atomic mass is 127. The first kappa shape index (κ1) is 10.9. The summed E-state index contributed by atoms with van der Waals surface area (Å²) in [6.07, 6.45) is 4.49. The Morgan fingerprint density at radius 1 is 1.36 bits per heavy atom. The fourth-order valence-corrected chi connectivity index (χ4v) is 1.07. The fraction of sp³-hybridized carbons (Fsp3) is 0.444. The Kier molecular flexibility index (Phi) is 5.46. The summed E-state index contributed by atoms with van der Waals surface area (Å²) in [4.78, 5) is 0. The van der Waals surface area contributed by atoms with E-state index in [1.165, 1.54) is 18.5 Å². The Balaban J connectivity index is 0.000001000. The summed E-state index contributed by atoms with van der Waals surface area (Å²) in [5, 5.41) is 0. The van der Waals surface area contributed by atoms with Crippen LogP contribution in [0.15, 0.2) is 24.4 Å². The molecule has 1 aromatic rings. The third-order valence-electron chi connectivity index (χ3n) is 1.67. The van der Waals surface area contributed by atoms with Gasteiger partial charge in [0.05, 0.1) is 0 Å². The van der Waals surface area contributed by atoms with Gasteiger partial charge in [0.1, 0.15) is 7.05 Å². The molecule has 62 valence electrons. The van der Waals surface area contributed by atoms with Crippen LogP contribution in [0, 0.1) is 0 Å². The minimum absolute atomic E-state index is 0. The highest BCUT2D eigenvalue weighted by Crippen LogP contribution is 1.93. The first-order valence-electron chi connectivity index (χ1n) is 3.78. The van der Waals surface area contributed by atoms with E-state index in [0.717, 1.165) is 0 Å². The molecule has 0 aliphatic heterocycles. The third-order valence-corrected chi connectivity index (χ3v) is 1.67. The van der Waals surface area contributed by atoms with Crippen LogP contribution in [0.4, 0.5) is 0 Å². The van der Waals surface area contributed by atoms with Gasteiger partial charge in [0.2, 0.25) is 0 Å². The molecule has 0 bridgehead atoms. The smallest absolute Gasteiger partial charge is 0.181 e. The van der Waals surface area contributed by atoms with Crippen molar-refractivity contribution in [3.8, 4) is 0 Å². The van der Waals surface area contributed by atoms with Crippen molar-refractivity contribution in [1.29, 1.82) is 0 Å². The fourth-order valence-electron chi connectivity index (χ4n) is 1.07. The van der Waals surface area contributed by atoms with Gasteiger partial charge in [-0.2, -0.15) is 0 Å². The van der Waals surface area contributed by atoms with Gasteiger partial charge < -0.3 is 24.0 Å². The molecule has 0 aromatic carbocycles. The topological polar surface area (TPSA) is 3.88 Å². The molecule has 0 amide bonds. The zero-order valence-electron chi connectivity index (χ0n) is 7.05. The highest BCUT2D eigenvalue weighted by molar-refractivity contribution is 4.96. The molecule has 0 aliphatic rings. The number of hydrogen-bond donors (Lipinski definition) is 0. The van der Waals surface area contributed by atoms with E-state index < -0.39 is 0 Å². The summed E-state index contributed by atoms with van der Waals surface area (Å²) in [5.74, 6) is 0. The van der Waals surface area contributed by atoms with E-state index in [1.54, 1.807) is 0 Å². The van der Waals surface area contributed by atoms with E-state index in [4.69, 9.17) is 0 Å². The molecule has 2 heteroatoms. The normalized spacial score (nSPS) is 8.91. The summed E-state index contributed by atoms with van der Waals surface area (Å²) in [6, 6.07) is 6.31. The molecule has 0 unspecified atom stereocenters. The van der Waals surface area contributed by atoms with Crippen LogP contribution in [-0.4, -0.2) is 0 Å². The Labute approximate surface area is 85.5 Å². The molecule has 0 fully saturated rings. The van der Waals surface area contributed by atoms with Gasteiger partial charge >= 0.3 is 0 Å². The maximum absolute atomic E-state index is 2.20. The predicted octanol–water partition coefficient (Wildman–Crippen LogP) is -1.53. The molecule has 0 saturated heterocycles. The highest BCUT2D eigenvalue weighted by Gasteiger charge is 2.00. The summed E-state index contributed by atoms with van der Waals surface area (Å²) in [5.41, 5.74) is 1.41. The zero-order chi connectivity index (χ0) is 7.40. The minimum Gasteiger partial charge on any atom is -1.00 e. The molecule has 0 spiro atoms. The number of aryl methyl sites for hydroxylation is 2. The van der Waals surface area contributed by atoms with Crippen LogP contribution in [0.3, 0.4) is 0 Å². The van der Waals surface area contributed by atoms with E-state index in [-0.39, 0.29) is 24.0 Å². The molecule has 11 heavy (non-hydrogen) atoms. The van der Waals surface area contributed by atoms with Gasteiger partial charge in [-0.15, -0.1) is 0 Å². The monoisotopic (exact) mass is 263 g/mol. The molecule has 0 aliphatic carbocycles. The number of nitrogens with zero attached hydrogens (tertiary/aromatic N) is 1. The van der Waals surface area contributed by atoms with Crippen LogP contribution in [0.5, 0.6) is 0 Å². The van der Waals surface area contributed by atoms with E-state index in [9.17, 15) is 0 Å². The number of halogens is 1. The second-order valence-electron chi connectivity index (χ2n) is 2.55. The Bertz CT molecular complexity index is 210. The second-order valence-corrected chi connectivity index (χ2v) is 2.55. The largest absolute Gasteiger partial charge is 1.00 e. The van der Waals surface area contributed by atoms with Crippen molar-refractivity contribution in [2.75, 3.05) is 0 Å². The number of pyridine rings is 1. The van der Waals surface area contributed by atoms with E-state index >= 15 is 0 Å². The van der Waals surface area contributed by atoms with Crippen molar-refractivity contribution in [2.24, 2.45) is 7.05 Å². The zero-order valence-corrected chi connectivity index (χ0v) is 9.21. The maximum atomic E-state index is 2.20. The lowest BCUT2D eigenvalue weighted by Gasteiger charge is -1.94. The van der Waals surface area contributed by atoms with Gasteiger partial charge in [-0.3, -0.25) is 0 Å². The molecule has 1 rings (SSSR count). The van der Waals surface area contributed by atoms with Gasteiger partial charge in [-0.1, -0.05) is 13.0 Å². The second kappa shape index (κ2) is 5.52. The molecule has 1 nitrogen and oxygen atoms in total. The average Bonchev–Trinajstić information content (AvgIpc) is 1.94. The van der Waals surface area contributed by atoms with E-state index in [1.807, 2.05) is 0 Å². The van der Waals surface area contributed by atoms with Crippen molar-refractivity contribution in [3.63, 3.8) is 0 Å². The molecule has 0 N–H and O–H groups in total. The van der Waals surface area contributed by atoms with Crippen molar-refractivity contribution in [3.05, 3.63) is 30.1 Å². The molecule has 0 saturated carbocycles. The van der Waals surface area contributed by atoms with E-state index in [0.29, 0.717) is 0 Å². The van der Waals surface area contributed by atoms with Gasteiger partial charge in [-0.05, 0) is 6.42 Å². The Morgan fingerprint density at radius 3 is 2.64 bits per heavy atom. The lowest BCUT2D eigenvalue weighted by Crippen LogP contribution is -3.00. The number of hydrogen-bond acceptors (Lipinski definition) is 0. The van der Waals surface area contributed by atoms with Crippen molar-refractivity contribution in [2.45, 2.75) is 19.8 Å². The van der Waals surface area contributed by atoms with Gasteiger partial charge in [-0.25, -0.2) is 4.57 Å². The average molecular weight is 263 g/mol. The first-order chi connectivity index (χ1) is 4.84. The molecule has 1 heterocycles. The Hall–Kier alpha value is -0.120. The standard InChI is InChI=1S/C9H14N.HI/c1-3-6-9-7-4-5-8-10(9)2;/h4-5,7-8H,3,6H2,1-2H3;1H/q+1;/p-1. The summed E-state index contributed by atoms with van der Waals surface area (Å²) < 4.78 is 2.17. The number of rotatable bonds is 2. The first-order valence-corrected chi connectivity index (χ1v) is 3.78. The quantitative estimate of drug-likeness (QED) is 0.450. The predicted molar refractivity (Wildman–Crippen MR) is 41.6 cm³/mol. The summed E-state index contributed by atoms with van der Waals surface area (Å²) in [6.45, 7) is 2.20. The maximum Gasteiger partial charge on any atom is 0.181 e. The molecule has 0 radical (unpaired) electrons. The third kappa shape index (κ3) is 3.18. The minimum atomic E-state index is 0.